The summed E-state index contributed by atoms with van der Waals surface area (Å²) in [5.41, 5.74) is 17.1. The van der Waals surface area contributed by atoms with Crippen LogP contribution in [0.5, 0.6) is 0 Å². The molecular formula is C24H29N9. The molecule has 0 saturated carbocycles. The van der Waals surface area contributed by atoms with Crippen molar-refractivity contribution in [3.63, 3.8) is 0 Å². The molecule has 0 amide bonds. The Morgan fingerprint density at radius 2 is 2.00 bits per heavy atom. The zero-order chi connectivity index (χ0) is 23.4. The van der Waals surface area contributed by atoms with Crippen LogP contribution in [0.25, 0.3) is 17.0 Å². The number of nitrogens with one attached hydrogen (secondary N) is 3. The van der Waals surface area contributed by atoms with E-state index in [1.807, 2.05) is 37.4 Å². The third-order valence-electron chi connectivity index (χ3n) is 5.82. The number of hydrogen-bond donors (Lipinski definition) is 5. The smallest absolute Gasteiger partial charge is 0.154 e. The van der Waals surface area contributed by atoms with Gasteiger partial charge in [-0.1, -0.05) is 18.7 Å². The molecule has 0 aliphatic carbocycles. The van der Waals surface area contributed by atoms with E-state index in [0.29, 0.717) is 22.9 Å². The second-order valence-corrected chi connectivity index (χ2v) is 7.95. The number of hydrogen-bond acceptors (Lipinski definition) is 9. The van der Waals surface area contributed by atoms with Crippen LogP contribution in [0, 0.1) is 5.41 Å². The number of benzene rings is 1. The molecule has 1 saturated heterocycles. The fourth-order valence-corrected chi connectivity index (χ4v) is 4.00. The molecule has 7 N–H and O–H groups in total. The Labute approximate surface area is 193 Å². The summed E-state index contributed by atoms with van der Waals surface area (Å²) in [6, 6.07) is 9.91. The summed E-state index contributed by atoms with van der Waals surface area (Å²) in [6.07, 6.45) is 6.53. The SMILES string of the molecule is C=C(Nc1ncccc1N1CCC(N)CC1)c1nc(-c2cccc(NC)c2C=N)cnc1N. The first-order valence-corrected chi connectivity index (χ1v) is 10.9. The molecule has 0 bridgehead atoms. The molecule has 1 aromatic carbocycles. The second-order valence-electron chi connectivity index (χ2n) is 7.95. The summed E-state index contributed by atoms with van der Waals surface area (Å²) in [5.74, 6) is 0.945. The molecule has 1 aliphatic rings. The van der Waals surface area contributed by atoms with Gasteiger partial charge in [0.05, 0.1) is 23.3 Å². The highest BCUT2D eigenvalue weighted by Gasteiger charge is 2.20. The Morgan fingerprint density at radius 1 is 1.21 bits per heavy atom. The van der Waals surface area contributed by atoms with Gasteiger partial charge in [-0.05, 0) is 31.0 Å². The zero-order valence-corrected chi connectivity index (χ0v) is 18.7. The normalized spacial score (nSPS) is 14.1. The lowest BCUT2D eigenvalue weighted by molar-refractivity contribution is 0.501. The summed E-state index contributed by atoms with van der Waals surface area (Å²) >= 11 is 0. The van der Waals surface area contributed by atoms with Crippen LogP contribution >= 0.6 is 0 Å². The maximum absolute atomic E-state index is 7.85. The monoisotopic (exact) mass is 443 g/mol. The summed E-state index contributed by atoms with van der Waals surface area (Å²) in [6.45, 7) is 5.91. The molecule has 9 heteroatoms. The Bertz CT molecular complexity index is 1170. The van der Waals surface area contributed by atoms with Crippen molar-refractivity contribution in [2.75, 3.05) is 41.4 Å². The maximum Gasteiger partial charge on any atom is 0.154 e. The van der Waals surface area contributed by atoms with Crippen LogP contribution in [-0.2, 0) is 0 Å². The number of aromatic nitrogens is 3. The molecule has 170 valence electrons. The first kappa shape index (κ1) is 22.2. The minimum absolute atomic E-state index is 0.245. The van der Waals surface area contributed by atoms with Gasteiger partial charge in [0.2, 0.25) is 0 Å². The van der Waals surface area contributed by atoms with Gasteiger partial charge in [-0.2, -0.15) is 0 Å². The molecule has 9 nitrogen and oxygen atoms in total. The number of nitrogens with zero attached hydrogens (tertiary/aromatic N) is 4. The highest BCUT2D eigenvalue weighted by Crippen LogP contribution is 2.31. The van der Waals surface area contributed by atoms with Gasteiger partial charge in [0.25, 0.3) is 0 Å². The Hall–Kier alpha value is -3.98. The van der Waals surface area contributed by atoms with Crippen molar-refractivity contribution in [3.05, 3.63) is 60.6 Å². The number of nitrogen functional groups attached to an aromatic ring is 1. The number of pyridine rings is 1. The fraction of sp³-hybridized carbons (Fsp3) is 0.250. The topological polar surface area (TPSA) is 142 Å². The molecule has 0 atom stereocenters. The number of rotatable bonds is 7. The van der Waals surface area contributed by atoms with Crippen LogP contribution in [0.15, 0.2) is 49.3 Å². The van der Waals surface area contributed by atoms with Crippen molar-refractivity contribution in [2.45, 2.75) is 18.9 Å². The number of nitrogens with two attached hydrogens (primary N) is 2. The quantitative estimate of drug-likeness (QED) is 0.351. The molecule has 0 radical (unpaired) electrons. The lowest BCUT2D eigenvalue weighted by atomic mass is 10.0. The van der Waals surface area contributed by atoms with Crippen LogP contribution < -0.4 is 27.0 Å². The van der Waals surface area contributed by atoms with Crippen LogP contribution in [0.1, 0.15) is 24.1 Å². The van der Waals surface area contributed by atoms with Crippen molar-refractivity contribution in [2.24, 2.45) is 5.73 Å². The van der Waals surface area contributed by atoms with Gasteiger partial charge in [0, 0.05) is 55.4 Å². The van der Waals surface area contributed by atoms with Gasteiger partial charge in [-0.3, -0.25) is 0 Å². The molecule has 33 heavy (non-hydrogen) atoms. The lowest BCUT2D eigenvalue weighted by Crippen LogP contribution is -2.40. The molecule has 0 spiro atoms. The summed E-state index contributed by atoms with van der Waals surface area (Å²) in [5, 5.41) is 14.2. The van der Waals surface area contributed by atoms with E-state index in [2.05, 4.69) is 32.1 Å². The van der Waals surface area contributed by atoms with Crippen LogP contribution in [0.3, 0.4) is 0 Å². The van der Waals surface area contributed by atoms with Crippen molar-refractivity contribution in [1.82, 2.24) is 15.0 Å². The third kappa shape index (κ3) is 4.63. The number of anilines is 4. The van der Waals surface area contributed by atoms with Crippen molar-refractivity contribution >= 4 is 34.9 Å². The van der Waals surface area contributed by atoms with E-state index in [0.717, 1.165) is 48.4 Å². The van der Waals surface area contributed by atoms with Crippen molar-refractivity contribution in [3.8, 4) is 11.3 Å². The predicted octanol–water partition coefficient (Wildman–Crippen LogP) is 3.17. The average molecular weight is 444 g/mol. The molecular weight excluding hydrogens is 414 g/mol. The second kappa shape index (κ2) is 9.66. The Morgan fingerprint density at radius 3 is 2.73 bits per heavy atom. The number of piperidine rings is 1. The Kier molecular flexibility index (Phi) is 6.50. The van der Waals surface area contributed by atoms with E-state index < -0.39 is 0 Å². The van der Waals surface area contributed by atoms with E-state index in [1.165, 1.54) is 6.21 Å². The molecule has 3 aromatic rings. The van der Waals surface area contributed by atoms with E-state index >= 15 is 0 Å². The van der Waals surface area contributed by atoms with Crippen molar-refractivity contribution < 1.29 is 0 Å². The van der Waals surface area contributed by atoms with Crippen LogP contribution in [0.4, 0.5) is 23.0 Å². The minimum atomic E-state index is 0.245. The van der Waals surface area contributed by atoms with Gasteiger partial charge in [-0.15, -0.1) is 0 Å². The van der Waals surface area contributed by atoms with Crippen LogP contribution in [0.2, 0.25) is 0 Å². The van der Waals surface area contributed by atoms with Gasteiger partial charge in [0.1, 0.15) is 5.69 Å². The largest absolute Gasteiger partial charge is 0.388 e. The van der Waals surface area contributed by atoms with Gasteiger partial charge < -0.3 is 32.4 Å². The predicted molar refractivity (Wildman–Crippen MR) is 136 cm³/mol. The summed E-state index contributed by atoms with van der Waals surface area (Å²) in [7, 11) is 1.82. The molecule has 1 aliphatic heterocycles. The highest BCUT2D eigenvalue weighted by atomic mass is 15.2. The average Bonchev–Trinajstić information content (AvgIpc) is 2.84. The highest BCUT2D eigenvalue weighted by molar-refractivity contribution is 5.95. The molecule has 1 fully saturated rings. The first-order valence-electron chi connectivity index (χ1n) is 10.9. The van der Waals surface area contributed by atoms with E-state index in [-0.39, 0.29) is 11.9 Å². The van der Waals surface area contributed by atoms with E-state index in [4.69, 9.17) is 21.9 Å². The fourth-order valence-electron chi connectivity index (χ4n) is 4.00. The standard InChI is InChI=1S/C24H29N9/c1-15(31-24-21(7-4-10-29-24)33-11-8-16(26)9-12-33)22-23(27)30-14-20(32-22)17-5-3-6-19(28-2)18(17)13-25/h3-7,10,13-14,16,25,28H,1,8-9,11-12,26H2,2H3,(H2,27,30)(H,29,31). The maximum atomic E-state index is 7.85. The molecule has 4 rings (SSSR count). The molecule has 3 heterocycles. The molecule has 2 aromatic heterocycles. The third-order valence-corrected chi connectivity index (χ3v) is 5.82. The van der Waals surface area contributed by atoms with E-state index in [9.17, 15) is 0 Å². The Balaban J connectivity index is 1.64. The summed E-state index contributed by atoms with van der Waals surface area (Å²) < 4.78 is 0. The van der Waals surface area contributed by atoms with Crippen LogP contribution in [-0.4, -0.2) is 47.3 Å². The van der Waals surface area contributed by atoms with Gasteiger partial charge in [0.15, 0.2) is 11.6 Å². The minimum Gasteiger partial charge on any atom is -0.388 e. The van der Waals surface area contributed by atoms with Gasteiger partial charge >= 0.3 is 0 Å². The zero-order valence-electron chi connectivity index (χ0n) is 18.7. The molecule has 0 unspecified atom stereocenters. The van der Waals surface area contributed by atoms with Crippen molar-refractivity contribution in [1.29, 1.82) is 5.41 Å². The van der Waals surface area contributed by atoms with E-state index in [1.54, 1.807) is 12.4 Å². The first-order chi connectivity index (χ1) is 16.0. The summed E-state index contributed by atoms with van der Waals surface area (Å²) in [4.78, 5) is 15.9. The lowest BCUT2D eigenvalue weighted by Gasteiger charge is -2.33. The van der Waals surface area contributed by atoms with Gasteiger partial charge in [-0.25, -0.2) is 15.0 Å².